The molecule has 0 N–H and O–H groups in total. The van der Waals surface area contributed by atoms with E-state index in [1.165, 1.54) is 25.7 Å². The molecule has 0 aliphatic heterocycles. The van der Waals surface area contributed by atoms with Crippen molar-refractivity contribution in [2.75, 3.05) is 0 Å². The van der Waals surface area contributed by atoms with Crippen LogP contribution >= 0.6 is 0 Å². The molecule has 0 atom stereocenters. The van der Waals surface area contributed by atoms with Gasteiger partial charge in [-0.2, -0.15) is 12.8 Å². The Balaban J connectivity index is -0.0000000833. The summed E-state index contributed by atoms with van der Waals surface area (Å²) in [5.74, 6) is 0. The van der Waals surface area contributed by atoms with Gasteiger partial charge in [0.25, 0.3) is 0 Å². The van der Waals surface area contributed by atoms with E-state index in [2.05, 4.69) is 6.42 Å². The molecule has 1 saturated carbocycles. The van der Waals surface area contributed by atoms with Gasteiger partial charge < -0.3 is 30.8 Å². The third kappa shape index (κ3) is 7.25. The maximum absolute atomic E-state index is 2.36. The maximum atomic E-state index is 2.36. The third-order valence-electron chi connectivity index (χ3n) is 1.07. The molecule has 1 aliphatic carbocycles. The summed E-state index contributed by atoms with van der Waals surface area (Å²) < 4.78 is 0. The number of rotatable bonds is 0. The van der Waals surface area contributed by atoms with Gasteiger partial charge in [0.15, 0.2) is 0 Å². The summed E-state index contributed by atoms with van der Waals surface area (Å²) in [7, 11) is 0. The third-order valence-corrected chi connectivity index (χ3v) is 1.07. The molecule has 0 aromatic carbocycles. The fourth-order valence-electron chi connectivity index (χ4n) is 0.722. The molecular weight excluding hydrogens is 176 g/mol. The zero-order valence-corrected chi connectivity index (χ0v) is 8.49. The van der Waals surface area contributed by atoms with Gasteiger partial charge in [0, 0.05) is 0 Å². The van der Waals surface area contributed by atoms with Gasteiger partial charge in [0.1, 0.15) is 0 Å². The Bertz CT molecular complexity index is 20.1. The first-order chi connectivity index (χ1) is 2.50. The van der Waals surface area contributed by atoms with E-state index in [-0.39, 0.29) is 47.5 Å². The maximum Gasteiger partial charge on any atom is 2.00 e. The van der Waals surface area contributed by atoms with Gasteiger partial charge in [-0.05, 0) is 0 Å². The molecule has 0 nitrogen and oxygen atoms in total. The van der Waals surface area contributed by atoms with Crippen molar-refractivity contribution in [1.82, 2.24) is 0 Å². The molecule has 0 bridgehead atoms. The normalized spacial score (nSPS) is 15.0. The Morgan fingerprint density at radius 1 is 1.00 bits per heavy atom. The molecule has 0 saturated heterocycles. The van der Waals surface area contributed by atoms with Crippen LogP contribution in [-0.4, -0.2) is 23.1 Å². The largest absolute Gasteiger partial charge is 2.00 e. The van der Waals surface area contributed by atoms with Crippen molar-refractivity contribution in [3.05, 3.63) is 13.8 Å². The average molecular weight is 188 g/mol. The molecule has 0 amide bonds. The molecule has 8 heavy (non-hydrogen) atoms. The van der Waals surface area contributed by atoms with Crippen LogP contribution in [0.5, 0.6) is 0 Å². The van der Waals surface area contributed by atoms with E-state index in [0.717, 1.165) is 0 Å². The average Bonchev–Trinajstić information content (AvgIpc) is 1.76. The topological polar surface area (TPSA) is 0 Å². The zero-order valence-electron chi connectivity index (χ0n) is 5.49. The molecule has 0 aromatic heterocycles. The van der Waals surface area contributed by atoms with Gasteiger partial charge in [-0.15, -0.1) is 0 Å². The van der Waals surface area contributed by atoms with E-state index >= 15 is 0 Å². The van der Waals surface area contributed by atoms with Crippen molar-refractivity contribution in [1.29, 1.82) is 0 Å². The van der Waals surface area contributed by atoms with E-state index in [1.54, 1.807) is 0 Å². The second-order valence-electron chi connectivity index (χ2n) is 1.57. The van der Waals surface area contributed by atoms with Crippen LogP contribution in [0.15, 0.2) is 0 Å². The molecule has 1 rings (SSSR count). The van der Waals surface area contributed by atoms with E-state index < -0.39 is 0 Å². The Kier molecular flexibility index (Phi) is 22.4. The van der Waals surface area contributed by atoms with Gasteiger partial charge in [0.2, 0.25) is 0 Å². The quantitative estimate of drug-likeness (QED) is 0.332. The molecule has 46 valence electrons. The van der Waals surface area contributed by atoms with E-state index in [0.29, 0.717) is 0 Å². The molecule has 0 heterocycles. The SMILES string of the molecule is [Br-].[CH-]1CCCC1.[CH3-].[Mg+2]. The van der Waals surface area contributed by atoms with Crippen molar-refractivity contribution in [3.8, 4) is 0 Å². The van der Waals surface area contributed by atoms with Gasteiger partial charge in [-0.25, -0.2) is 0 Å². The Morgan fingerprint density at radius 2 is 1.38 bits per heavy atom. The van der Waals surface area contributed by atoms with E-state index in [9.17, 15) is 0 Å². The summed E-state index contributed by atoms with van der Waals surface area (Å²) in [6.45, 7) is 0. The van der Waals surface area contributed by atoms with Crippen LogP contribution in [0.3, 0.4) is 0 Å². The fourth-order valence-corrected chi connectivity index (χ4v) is 0.722. The monoisotopic (exact) mass is 187 g/mol. The molecule has 0 aromatic rings. The standard InChI is InChI=1S/C5H9.CH3.BrH.Mg/c1-2-4-5-3-1;;;/h1H,2-5H2;1H3;1H;/q2*-1;;+2/p-1. The van der Waals surface area contributed by atoms with Gasteiger partial charge >= 0.3 is 23.1 Å². The second kappa shape index (κ2) is 11.1. The number of hydrogen-bond donors (Lipinski definition) is 0. The summed E-state index contributed by atoms with van der Waals surface area (Å²) in [6, 6.07) is 0. The minimum absolute atomic E-state index is 0. The fraction of sp³-hybridized carbons (Fsp3) is 0.667. The van der Waals surface area contributed by atoms with Crippen molar-refractivity contribution < 1.29 is 17.0 Å². The molecule has 0 radical (unpaired) electrons. The van der Waals surface area contributed by atoms with Crippen LogP contribution in [0.25, 0.3) is 0 Å². The van der Waals surface area contributed by atoms with Crippen molar-refractivity contribution >= 4 is 23.1 Å². The summed E-state index contributed by atoms with van der Waals surface area (Å²) in [5.41, 5.74) is 0. The van der Waals surface area contributed by atoms with Crippen LogP contribution in [0, 0.1) is 13.8 Å². The molecule has 2 heteroatoms. The number of hydrogen-bond acceptors (Lipinski definition) is 0. The molecular formula is C6H12BrMg-. The van der Waals surface area contributed by atoms with Gasteiger partial charge in [0.05, 0.1) is 0 Å². The van der Waals surface area contributed by atoms with Crippen LogP contribution < -0.4 is 17.0 Å². The summed E-state index contributed by atoms with van der Waals surface area (Å²) in [4.78, 5) is 0. The molecule has 0 spiro atoms. The summed E-state index contributed by atoms with van der Waals surface area (Å²) in [6.07, 6.45) is 8.00. The predicted octanol–water partition coefficient (Wildman–Crippen LogP) is -1.16. The first-order valence-corrected chi connectivity index (χ1v) is 2.32. The van der Waals surface area contributed by atoms with Gasteiger partial charge in [-0.3, -0.25) is 0 Å². The number of halogens is 1. The van der Waals surface area contributed by atoms with Crippen LogP contribution in [0.4, 0.5) is 0 Å². The van der Waals surface area contributed by atoms with Crippen LogP contribution in [-0.2, 0) is 0 Å². The zero-order chi connectivity index (χ0) is 3.54. The van der Waals surface area contributed by atoms with Gasteiger partial charge in [-0.1, -0.05) is 12.8 Å². The van der Waals surface area contributed by atoms with Crippen LogP contribution in [0.1, 0.15) is 25.7 Å². The van der Waals surface area contributed by atoms with E-state index in [4.69, 9.17) is 0 Å². The summed E-state index contributed by atoms with van der Waals surface area (Å²) >= 11 is 0. The minimum atomic E-state index is 0. The molecule has 1 fully saturated rings. The Morgan fingerprint density at radius 3 is 1.50 bits per heavy atom. The van der Waals surface area contributed by atoms with E-state index in [1.807, 2.05) is 0 Å². The Hall–Kier alpha value is 1.25. The van der Waals surface area contributed by atoms with Crippen molar-refractivity contribution in [2.24, 2.45) is 0 Å². The Labute approximate surface area is 79.3 Å². The van der Waals surface area contributed by atoms with Crippen molar-refractivity contribution in [2.45, 2.75) is 25.7 Å². The minimum Gasteiger partial charge on any atom is -1.00 e. The first-order valence-electron chi connectivity index (χ1n) is 2.32. The molecule has 0 unspecified atom stereocenters. The smallest absolute Gasteiger partial charge is 1.00 e. The molecule has 1 aliphatic rings. The van der Waals surface area contributed by atoms with Crippen LogP contribution in [0.2, 0.25) is 0 Å². The predicted molar refractivity (Wildman–Crippen MR) is 34.9 cm³/mol. The second-order valence-corrected chi connectivity index (χ2v) is 1.57. The first kappa shape index (κ1) is 16.1. The summed E-state index contributed by atoms with van der Waals surface area (Å²) in [5, 5.41) is 0. The van der Waals surface area contributed by atoms with Crippen molar-refractivity contribution in [3.63, 3.8) is 0 Å².